The number of aryl methyl sites for hydroxylation is 1. The second-order valence-corrected chi connectivity index (χ2v) is 8.59. The Morgan fingerprint density at radius 2 is 1.77 bits per heavy atom. The third-order valence-corrected chi connectivity index (χ3v) is 5.04. The molecule has 0 unspecified atom stereocenters. The van der Waals surface area contributed by atoms with E-state index in [-0.39, 0.29) is 5.54 Å². The largest absolute Gasteiger partial charge is 0.383 e. The van der Waals surface area contributed by atoms with Gasteiger partial charge < -0.3 is 11.1 Å². The standard InChI is InChI=1S/C24H28N6/c1-16-9-8-12-18(15-16)20-19-21(25)30(24(2,3)4)29-22(19)28-23(27-20)26-14-13-17-10-6-5-7-11-17/h5-12,15H,13-14,25H2,1-4H3,(H,26,28,29). The number of hydrogen-bond donors (Lipinski definition) is 2. The zero-order valence-corrected chi connectivity index (χ0v) is 18.0. The highest BCUT2D eigenvalue weighted by Crippen LogP contribution is 2.34. The summed E-state index contributed by atoms with van der Waals surface area (Å²) in [6.45, 7) is 9.04. The van der Waals surface area contributed by atoms with Crippen LogP contribution >= 0.6 is 0 Å². The van der Waals surface area contributed by atoms with E-state index in [1.807, 2.05) is 16.8 Å². The Labute approximate surface area is 177 Å². The minimum atomic E-state index is -0.254. The number of hydrogen-bond acceptors (Lipinski definition) is 5. The van der Waals surface area contributed by atoms with Gasteiger partial charge in [-0.3, -0.25) is 0 Å². The fourth-order valence-corrected chi connectivity index (χ4v) is 3.57. The second-order valence-electron chi connectivity index (χ2n) is 8.59. The van der Waals surface area contributed by atoms with E-state index in [1.165, 1.54) is 11.1 Å². The van der Waals surface area contributed by atoms with Crippen molar-refractivity contribution in [1.29, 1.82) is 0 Å². The lowest BCUT2D eigenvalue weighted by Gasteiger charge is -2.20. The maximum absolute atomic E-state index is 6.53. The van der Waals surface area contributed by atoms with Gasteiger partial charge in [0.1, 0.15) is 5.82 Å². The fraction of sp³-hybridized carbons (Fsp3) is 0.292. The van der Waals surface area contributed by atoms with Gasteiger partial charge in [-0.25, -0.2) is 9.67 Å². The molecule has 0 saturated heterocycles. The zero-order chi connectivity index (χ0) is 21.3. The van der Waals surface area contributed by atoms with Crippen molar-refractivity contribution < 1.29 is 0 Å². The quantitative estimate of drug-likeness (QED) is 0.503. The Kier molecular flexibility index (Phi) is 5.16. The average molecular weight is 401 g/mol. The molecule has 30 heavy (non-hydrogen) atoms. The van der Waals surface area contributed by atoms with Gasteiger partial charge in [0.05, 0.1) is 16.6 Å². The predicted octanol–water partition coefficient (Wildman–Crippen LogP) is 4.79. The molecule has 4 rings (SSSR count). The first kappa shape index (κ1) is 19.9. The molecular formula is C24H28N6. The number of fused-ring (bicyclic) bond motifs is 1. The number of anilines is 2. The normalized spacial score (nSPS) is 11.7. The number of aromatic nitrogens is 4. The summed E-state index contributed by atoms with van der Waals surface area (Å²) in [6, 6.07) is 18.6. The molecule has 0 bridgehead atoms. The second kappa shape index (κ2) is 7.78. The van der Waals surface area contributed by atoms with Gasteiger partial charge in [-0.1, -0.05) is 54.1 Å². The van der Waals surface area contributed by atoms with Gasteiger partial charge >= 0.3 is 0 Å². The van der Waals surface area contributed by atoms with Gasteiger partial charge in [-0.2, -0.15) is 4.98 Å². The molecule has 0 saturated carbocycles. The lowest BCUT2D eigenvalue weighted by atomic mass is 10.1. The molecule has 6 heteroatoms. The molecule has 2 heterocycles. The highest BCUT2D eigenvalue weighted by Gasteiger charge is 2.24. The van der Waals surface area contributed by atoms with E-state index in [0.29, 0.717) is 17.4 Å². The van der Waals surface area contributed by atoms with E-state index in [2.05, 4.69) is 80.5 Å². The molecule has 154 valence electrons. The van der Waals surface area contributed by atoms with Crippen LogP contribution in [0.25, 0.3) is 22.3 Å². The topological polar surface area (TPSA) is 81.7 Å². The Hall–Kier alpha value is -3.41. The molecule has 4 aromatic rings. The van der Waals surface area contributed by atoms with Crippen LogP contribution in [0, 0.1) is 6.92 Å². The van der Waals surface area contributed by atoms with Crippen LogP contribution in [0.4, 0.5) is 11.8 Å². The Bertz CT molecular complexity index is 1170. The summed E-state index contributed by atoms with van der Waals surface area (Å²) >= 11 is 0. The van der Waals surface area contributed by atoms with Crippen LogP contribution in [-0.4, -0.2) is 26.3 Å². The van der Waals surface area contributed by atoms with Crippen LogP contribution in [0.2, 0.25) is 0 Å². The average Bonchev–Trinajstić information content (AvgIpc) is 3.05. The van der Waals surface area contributed by atoms with E-state index in [4.69, 9.17) is 15.8 Å². The fourth-order valence-electron chi connectivity index (χ4n) is 3.57. The molecule has 6 nitrogen and oxygen atoms in total. The third-order valence-electron chi connectivity index (χ3n) is 5.04. The zero-order valence-electron chi connectivity index (χ0n) is 18.0. The smallest absolute Gasteiger partial charge is 0.225 e. The van der Waals surface area contributed by atoms with Gasteiger partial charge in [-0.05, 0) is 45.7 Å². The van der Waals surface area contributed by atoms with Crippen molar-refractivity contribution in [1.82, 2.24) is 19.7 Å². The summed E-state index contributed by atoms with van der Waals surface area (Å²) < 4.78 is 1.83. The summed E-state index contributed by atoms with van der Waals surface area (Å²) in [5, 5.41) is 8.88. The van der Waals surface area contributed by atoms with Crippen LogP contribution in [0.1, 0.15) is 31.9 Å². The third kappa shape index (κ3) is 3.99. The van der Waals surface area contributed by atoms with Crippen molar-refractivity contribution in [2.45, 2.75) is 39.7 Å². The Morgan fingerprint density at radius 3 is 2.47 bits per heavy atom. The number of nitrogen functional groups attached to an aromatic ring is 1. The van der Waals surface area contributed by atoms with E-state index < -0.39 is 0 Å². The van der Waals surface area contributed by atoms with Crippen LogP contribution in [0.5, 0.6) is 0 Å². The van der Waals surface area contributed by atoms with Gasteiger partial charge in [0.15, 0.2) is 5.65 Å². The van der Waals surface area contributed by atoms with Crippen LogP contribution in [0.3, 0.4) is 0 Å². The molecule has 0 amide bonds. The minimum absolute atomic E-state index is 0.254. The maximum atomic E-state index is 6.53. The minimum Gasteiger partial charge on any atom is -0.383 e. The summed E-state index contributed by atoms with van der Waals surface area (Å²) in [5.74, 6) is 1.15. The van der Waals surface area contributed by atoms with Crippen LogP contribution in [0.15, 0.2) is 54.6 Å². The van der Waals surface area contributed by atoms with E-state index >= 15 is 0 Å². The Morgan fingerprint density at radius 1 is 1.00 bits per heavy atom. The molecule has 2 aromatic heterocycles. The van der Waals surface area contributed by atoms with Crippen molar-refractivity contribution in [3.8, 4) is 11.3 Å². The summed E-state index contributed by atoms with van der Waals surface area (Å²) in [4.78, 5) is 9.52. The molecular weight excluding hydrogens is 372 g/mol. The predicted molar refractivity (Wildman–Crippen MR) is 124 cm³/mol. The molecule has 0 fully saturated rings. The summed E-state index contributed by atoms with van der Waals surface area (Å²) in [7, 11) is 0. The maximum Gasteiger partial charge on any atom is 0.225 e. The number of rotatable bonds is 5. The molecule has 0 radical (unpaired) electrons. The molecule has 0 atom stereocenters. The first-order valence-corrected chi connectivity index (χ1v) is 10.2. The molecule has 0 aliphatic rings. The van der Waals surface area contributed by atoms with Crippen molar-refractivity contribution in [2.24, 2.45) is 0 Å². The lowest BCUT2D eigenvalue weighted by Crippen LogP contribution is -2.24. The molecule has 2 aromatic carbocycles. The lowest BCUT2D eigenvalue weighted by molar-refractivity contribution is 0.364. The van der Waals surface area contributed by atoms with E-state index in [1.54, 1.807) is 0 Å². The molecule has 0 aliphatic carbocycles. The highest BCUT2D eigenvalue weighted by atomic mass is 15.4. The van der Waals surface area contributed by atoms with Crippen molar-refractivity contribution in [3.63, 3.8) is 0 Å². The van der Waals surface area contributed by atoms with Crippen molar-refractivity contribution >= 4 is 22.8 Å². The van der Waals surface area contributed by atoms with Crippen LogP contribution in [-0.2, 0) is 12.0 Å². The SMILES string of the molecule is Cc1cccc(-c2nc(NCCc3ccccc3)nc3nn(C(C)(C)C)c(N)c23)c1. The van der Waals surface area contributed by atoms with Gasteiger partial charge in [0, 0.05) is 12.1 Å². The number of benzene rings is 2. The monoisotopic (exact) mass is 400 g/mol. The summed E-state index contributed by atoms with van der Waals surface area (Å²) in [5.41, 5.74) is 11.1. The van der Waals surface area contributed by atoms with Crippen molar-refractivity contribution in [3.05, 3.63) is 65.7 Å². The van der Waals surface area contributed by atoms with Gasteiger partial charge in [-0.15, -0.1) is 5.10 Å². The molecule has 0 aliphatic heterocycles. The number of nitrogens with one attached hydrogen (secondary N) is 1. The van der Waals surface area contributed by atoms with E-state index in [0.717, 1.165) is 29.6 Å². The first-order chi connectivity index (χ1) is 14.3. The van der Waals surface area contributed by atoms with Crippen LogP contribution < -0.4 is 11.1 Å². The summed E-state index contributed by atoms with van der Waals surface area (Å²) in [6.07, 6.45) is 0.889. The van der Waals surface area contributed by atoms with E-state index in [9.17, 15) is 0 Å². The first-order valence-electron chi connectivity index (χ1n) is 10.2. The molecule has 3 N–H and O–H groups in total. The van der Waals surface area contributed by atoms with Crippen molar-refractivity contribution in [2.75, 3.05) is 17.6 Å². The number of nitrogens with two attached hydrogens (primary N) is 1. The Balaban J connectivity index is 1.76. The van der Waals surface area contributed by atoms with Gasteiger partial charge in [0.25, 0.3) is 0 Å². The molecule has 0 spiro atoms. The van der Waals surface area contributed by atoms with Gasteiger partial charge in [0.2, 0.25) is 5.95 Å². The highest BCUT2D eigenvalue weighted by molar-refractivity contribution is 5.99. The number of nitrogens with zero attached hydrogens (tertiary/aromatic N) is 4.